The van der Waals surface area contributed by atoms with E-state index < -0.39 is 9.84 Å². The smallest absolute Gasteiger partial charge is 0.226 e. The second kappa shape index (κ2) is 7.95. The minimum Gasteiger partial charge on any atom is -0.329 e. The average Bonchev–Trinajstić information content (AvgIpc) is 3.08. The third-order valence-corrected chi connectivity index (χ3v) is 7.32. The van der Waals surface area contributed by atoms with Crippen molar-refractivity contribution < 1.29 is 13.2 Å². The number of ketones is 1. The van der Waals surface area contributed by atoms with E-state index in [0.29, 0.717) is 41.6 Å². The van der Waals surface area contributed by atoms with Gasteiger partial charge in [0.05, 0.1) is 33.2 Å². The number of hydrogen-bond acceptors (Lipinski definition) is 7. The van der Waals surface area contributed by atoms with E-state index in [4.69, 9.17) is 4.98 Å². The molecule has 2 aromatic heterocycles. The first-order valence-electron chi connectivity index (χ1n) is 10.9. The number of carbonyl (C=O) groups excluding carboxylic acids is 1. The molecule has 1 aliphatic heterocycles. The summed E-state index contributed by atoms with van der Waals surface area (Å²) >= 11 is 0. The lowest BCUT2D eigenvalue weighted by atomic mass is 10.00. The van der Waals surface area contributed by atoms with Crippen molar-refractivity contribution in [2.24, 2.45) is 5.92 Å². The fourth-order valence-corrected chi connectivity index (χ4v) is 5.61. The molecule has 0 N–H and O–H groups in total. The zero-order chi connectivity index (χ0) is 23.4. The number of anilines is 1. The summed E-state index contributed by atoms with van der Waals surface area (Å²) in [7, 11) is -3.34. The Labute approximate surface area is 188 Å². The first kappa shape index (κ1) is 22.4. The third kappa shape index (κ3) is 3.68. The molecule has 0 saturated heterocycles. The number of Topliss-reactive ketones (excluding diaryl/α,β-unsaturated/α-hetero) is 1. The van der Waals surface area contributed by atoms with E-state index in [1.165, 1.54) is 13.2 Å². The van der Waals surface area contributed by atoms with Gasteiger partial charge >= 0.3 is 0 Å². The van der Waals surface area contributed by atoms with Crippen molar-refractivity contribution in [2.75, 3.05) is 17.7 Å². The maximum absolute atomic E-state index is 12.4. The predicted octanol–water partition coefficient (Wildman–Crippen LogP) is 3.52. The molecule has 0 radical (unpaired) electrons. The number of hydrogen-bond donors (Lipinski definition) is 0. The van der Waals surface area contributed by atoms with Crippen LogP contribution in [0, 0.1) is 12.8 Å². The zero-order valence-electron chi connectivity index (χ0n) is 19.4. The molecule has 0 spiro atoms. The lowest BCUT2D eigenvalue weighted by molar-refractivity contribution is 0.101. The molecule has 0 aliphatic carbocycles. The number of carbonyl (C=O) groups is 1. The highest BCUT2D eigenvalue weighted by Gasteiger charge is 2.35. The lowest BCUT2D eigenvalue weighted by Gasteiger charge is -2.38. The largest absolute Gasteiger partial charge is 0.329 e. The van der Waals surface area contributed by atoms with E-state index in [1.807, 2.05) is 19.9 Å². The van der Waals surface area contributed by atoms with Crippen LogP contribution in [0.3, 0.4) is 0 Å². The molecule has 0 fully saturated rings. The minimum atomic E-state index is -3.34. The molecular formula is C23H29N5O3S. The van der Waals surface area contributed by atoms with Crippen LogP contribution in [0.1, 0.15) is 61.2 Å². The van der Waals surface area contributed by atoms with Crippen molar-refractivity contribution in [3.8, 4) is 0 Å². The maximum atomic E-state index is 12.4. The van der Waals surface area contributed by atoms with Gasteiger partial charge in [-0.2, -0.15) is 0 Å². The van der Waals surface area contributed by atoms with Crippen LogP contribution in [0.5, 0.6) is 0 Å². The van der Waals surface area contributed by atoms with E-state index in [1.54, 1.807) is 12.3 Å². The molecule has 1 atom stereocenters. The molecule has 0 bridgehead atoms. The Kier molecular flexibility index (Phi) is 5.56. The van der Waals surface area contributed by atoms with Crippen molar-refractivity contribution in [2.45, 2.75) is 58.5 Å². The van der Waals surface area contributed by atoms with Gasteiger partial charge in [-0.1, -0.05) is 20.8 Å². The van der Waals surface area contributed by atoms with E-state index in [2.05, 4.69) is 33.3 Å². The monoisotopic (exact) mass is 455 g/mol. The topological polar surface area (TPSA) is 98.0 Å². The summed E-state index contributed by atoms with van der Waals surface area (Å²) in [4.78, 5) is 28.4. The Balaban J connectivity index is 1.86. The SMILES string of the molecule is CCc1cc2nc3n(c2cc1S(C)(=O)=O)CCN(c1ncc(C(C)=O)c(C)n1)C3C(C)C. The van der Waals surface area contributed by atoms with Gasteiger partial charge in [-0.25, -0.2) is 23.4 Å². The van der Waals surface area contributed by atoms with Crippen LogP contribution in [0.2, 0.25) is 0 Å². The van der Waals surface area contributed by atoms with Gasteiger partial charge in [0.2, 0.25) is 5.95 Å². The highest BCUT2D eigenvalue weighted by molar-refractivity contribution is 7.90. The number of aromatic nitrogens is 4. The van der Waals surface area contributed by atoms with Crippen LogP contribution in [0.15, 0.2) is 23.2 Å². The molecule has 1 aromatic carbocycles. The van der Waals surface area contributed by atoms with Crippen LogP contribution >= 0.6 is 0 Å². The summed E-state index contributed by atoms with van der Waals surface area (Å²) in [5.41, 5.74) is 3.62. The molecule has 1 unspecified atom stereocenters. The summed E-state index contributed by atoms with van der Waals surface area (Å²) in [5.74, 6) is 1.62. The summed E-state index contributed by atoms with van der Waals surface area (Å²) in [6.45, 7) is 10.8. The first-order valence-corrected chi connectivity index (χ1v) is 12.8. The Morgan fingerprint density at radius 3 is 2.50 bits per heavy atom. The molecule has 1 aliphatic rings. The summed E-state index contributed by atoms with van der Waals surface area (Å²) in [6.07, 6.45) is 3.47. The van der Waals surface area contributed by atoms with Crippen molar-refractivity contribution in [1.82, 2.24) is 19.5 Å². The van der Waals surface area contributed by atoms with Gasteiger partial charge in [0.1, 0.15) is 5.82 Å². The average molecular weight is 456 g/mol. The first-order chi connectivity index (χ1) is 15.0. The zero-order valence-corrected chi connectivity index (χ0v) is 20.2. The molecule has 32 heavy (non-hydrogen) atoms. The fourth-order valence-electron chi connectivity index (χ4n) is 4.60. The Hall–Kier alpha value is -2.81. The van der Waals surface area contributed by atoms with Gasteiger partial charge in [-0.3, -0.25) is 4.79 Å². The van der Waals surface area contributed by atoms with Crippen LogP contribution in [0.25, 0.3) is 11.0 Å². The molecule has 4 rings (SSSR count). The Morgan fingerprint density at radius 2 is 1.94 bits per heavy atom. The summed E-state index contributed by atoms with van der Waals surface area (Å²) in [5, 5.41) is 0. The quantitative estimate of drug-likeness (QED) is 0.543. The molecule has 8 nitrogen and oxygen atoms in total. The number of fused-ring (bicyclic) bond motifs is 3. The maximum Gasteiger partial charge on any atom is 0.226 e. The molecule has 3 heterocycles. The Morgan fingerprint density at radius 1 is 1.22 bits per heavy atom. The summed E-state index contributed by atoms with van der Waals surface area (Å²) in [6, 6.07) is 3.60. The highest BCUT2D eigenvalue weighted by Crippen LogP contribution is 2.37. The van der Waals surface area contributed by atoms with E-state index in [-0.39, 0.29) is 17.7 Å². The van der Waals surface area contributed by atoms with Gasteiger partial charge < -0.3 is 9.47 Å². The molecule has 3 aromatic rings. The van der Waals surface area contributed by atoms with Crippen molar-refractivity contribution >= 4 is 32.6 Å². The van der Waals surface area contributed by atoms with Crippen LogP contribution in [-0.4, -0.2) is 46.5 Å². The van der Waals surface area contributed by atoms with Gasteiger partial charge in [-0.05, 0) is 43.9 Å². The molecule has 0 saturated carbocycles. The number of imidazole rings is 1. The third-order valence-electron chi connectivity index (χ3n) is 6.14. The van der Waals surface area contributed by atoms with Gasteiger partial charge in [-0.15, -0.1) is 0 Å². The standard InChI is InChI=1S/C23H29N5O3S/c1-7-16-10-18-19(11-20(16)32(6,30)31)27-8-9-28(21(13(2)3)22(27)26-18)23-24-12-17(15(5)29)14(4)25-23/h10-13,21H,7-9H2,1-6H3. The highest BCUT2D eigenvalue weighted by atomic mass is 32.2. The molecular weight excluding hydrogens is 426 g/mol. The normalized spacial score (nSPS) is 16.6. The van der Waals surface area contributed by atoms with Crippen molar-refractivity contribution in [3.05, 3.63) is 41.0 Å². The van der Waals surface area contributed by atoms with Crippen molar-refractivity contribution in [3.63, 3.8) is 0 Å². The van der Waals surface area contributed by atoms with E-state index in [0.717, 1.165) is 22.4 Å². The van der Waals surface area contributed by atoms with Crippen LogP contribution in [0.4, 0.5) is 5.95 Å². The fraction of sp³-hybridized carbons (Fsp3) is 0.478. The number of nitrogens with zero attached hydrogens (tertiary/aromatic N) is 5. The van der Waals surface area contributed by atoms with Crippen LogP contribution in [-0.2, 0) is 22.8 Å². The number of benzene rings is 1. The van der Waals surface area contributed by atoms with Gasteiger partial charge in [0.25, 0.3) is 0 Å². The van der Waals surface area contributed by atoms with Crippen LogP contribution < -0.4 is 4.90 Å². The second-order valence-corrected chi connectivity index (χ2v) is 10.8. The Bertz CT molecular complexity index is 1330. The predicted molar refractivity (Wildman–Crippen MR) is 124 cm³/mol. The van der Waals surface area contributed by atoms with E-state index >= 15 is 0 Å². The lowest BCUT2D eigenvalue weighted by Crippen LogP contribution is -2.42. The van der Waals surface area contributed by atoms with E-state index in [9.17, 15) is 13.2 Å². The van der Waals surface area contributed by atoms with Gasteiger partial charge in [0.15, 0.2) is 15.6 Å². The molecule has 9 heteroatoms. The number of aryl methyl sites for hydroxylation is 2. The molecule has 0 amide bonds. The molecule has 170 valence electrons. The number of sulfone groups is 1. The number of rotatable bonds is 5. The van der Waals surface area contributed by atoms with Gasteiger partial charge in [0, 0.05) is 25.5 Å². The van der Waals surface area contributed by atoms with Crippen molar-refractivity contribution in [1.29, 1.82) is 0 Å². The minimum absolute atomic E-state index is 0.0525. The summed E-state index contributed by atoms with van der Waals surface area (Å²) < 4.78 is 26.9. The second-order valence-electron chi connectivity index (χ2n) is 8.80.